The third-order valence-electron chi connectivity index (χ3n) is 9.39. The van der Waals surface area contributed by atoms with Gasteiger partial charge in [-0.15, -0.1) is 0 Å². The van der Waals surface area contributed by atoms with E-state index in [0.29, 0.717) is 19.8 Å². The molecule has 0 bridgehead atoms. The molecule has 1 heterocycles. The minimum absolute atomic E-state index is 0.0560. The summed E-state index contributed by atoms with van der Waals surface area (Å²) in [4.78, 5) is 0. The molecule has 1 fully saturated rings. The molecule has 0 saturated carbocycles. The number of hydrogen-bond donors (Lipinski definition) is 0. The molecule has 1 aliphatic rings. The molecular weight excluding hydrogens is 666 g/mol. The average Bonchev–Trinajstić information content (AvgIpc) is 3.08. The lowest BCUT2D eigenvalue weighted by atomic mass is 9.98. The normalized spacial score (nSPS) is 22.4. The Hall–Kier alpha value is -2.01. The molecule has 0 radical (unpaired) electrons. The standard InChI is InChI=1S/C40H60NO7PSi/c1-30(2)41(31(3)4)49(42-8)47-39-38(45-28-34-24-18-13-19-25-34)37(44-27-33-22-16-12-17-23-33)36(48-50(9,10)40(5,6)7)35(46-39)29-43-26-32-20-14-11-15-21-32/h11-25,30-31,35-39H,26-29H2,1-10H3/t35-,36-,37+,38-,39-,49?/m1/s1. The van der Waals surface area contributed by atoms with E-state index in [0.717, 1.165) is 16.7 Å². The summed E-state index contributed by atoms with van der Waals surface area (Å²) in [6, 6.07) is 30.9. The van der Waals surface area contributed by atoms with Crippen LogP contribution in [0.3, 0.4) is 0 Å². The minimum atomic E-state index is -2.35. The fourth-order valence-electron chi connectivity index (χ4n) is 5.78. The van der Waals surface area contributed by atoms with Crippen molar-refractivity contribution in [1.82, 2.24) is 4.67 Å². The molecule has 3 aromatic rings. The van der Waals surface area contributed by atoms with Gasteiger partial charge >= 0.3 is 0 Å². The molecule has 0 aliphatic carbocycles. The van der Waals surface area contributed by atoms with Crippen molar-refractivity contribution < 1.29 is 32.4 Å². The van der Waals surface area contributed by atoms with Gasteiger partial charge in [0.15, 0.2) is 14.6 Å². The Kier molecular flexibility index (Phi) is 15.6. The van der Waals surface area contributed by atoms with Crippen molar-refractivity contribution in [3.63, 3.8) is 0 Å². The third-order valence-corrected chi connectivity index (χ3v) is 15.9. The number of ether oxygens (including phenoxy) is 4. The summed E-state index contributed by atoms with van der Waals surface area (Å²) >= 11 is 0. The largest absolute Gasteiger partial charge is 0.408 e. The van der Waals surface area contributed by atoms with Crippen molar-refractivity contribution >= 4 is 16.8 Å². The van der Waals surface area contributed by atoms with Crippen LogP contribution in [0, 0.1) is 0 Å². The van der Waals surface area contributed by atoms with Crippen molar-refractivity contribution in [3.8, 4) is 0 Å². The molecule has 8 nitrogen and oxygen atoms in total. The number of hydrogen-bond acceptors (Lipinski definition) is 8. The van der Waals surface area contributed by atoms with E-state index in [2.05, 4.69) is 103 Å². The summed E-state index contributed by atoms with van der Waals surface area (Å²) in [5.41, 5.74) is 3.20. The number of benzene rings is 3. The Bertz CT molecular complexity index is 1370. The van der Waals surface area contributed by atoms with E-state index in [-0.39, 0.29) is 23.7 Å². The maximum Gasteiger partial charge on any atom is 0.261 e. The molecule has 0 amide bonds. The Morgan fingerprint density at radius 1 is 0.700 bits per heavy atom. The van der Waals surface area contributed by atoms with Crippen molar-refractivity contribution in [2.45, 2.75) is 129 Å². The highest BCUT2D eigenvalue weighted by molar-refractivity contribution is 7.44. The first-order chi connectivity index (χ1) is 23.8. The highest BCUT2D eigenvalue weighted by Crippen LogP contribution is 2.49. The molecule has 4 rings (SSSR count). The van der Waals surface area contributed by atoms with Crippen LogP contribution >= 0.6 is 8.53 Å². The Morgan fingerprint density at radius 2 is 1.16 bits per heavy atom. The first-order valence-electron chi connectivity index (χ1n) is 17.9. The Labute approximate surface area is 303 Å². The molecule has 1 aliphatic heterocycles. The quantitative estimate of drug-likeness (QED) is 0.0950. The molecule has 0 aromatic heterocycles. The lowest BCUT2D eigenvalue weighted by Crippen LogP contribution is -2.64. The maximum absolute atomic E-state index is 7.28. The molecule has 3 aromatic carbocycles. The Balaban J connectivity index is 1.76. The molecular formula is C40H60NO7PSi. The van der Waals surface area contributed by atoms with Gasteiger partial charge < -0.3 is 27.9 Å². The summed E-state index contributed by atoms with van der Waals surface area (Å²) in [5.74, 6) is 0. The molecule has 0 spiro atoms. The zero-order chi connectivity index (χ0) is 36.3. The predicted molar refractivity (Wildman–Crippen MR) is 204 cm³/mol. The van der Waals surface area contributed by atoms with Crippen LogP contribution in [0.1, 0.15) is 65.2 Å². The first kappa shape index (κ1) is 40.8. The van der Waals surface area contributed by atoms with Gasteiger partial charge in [-0.2, -0.15) is 0 Å². The van der Waals surface area contributed by atoms with Gasteiger partial charge in [-0.3, -0.25) is 4.52 Å². The third kappa shape index (κ3) is 11.5. The molecule has 0 N–H and O–H groups in total. The summed E-state index contributed by atoms with van der Waals surface area (Å²) in [5, 5.41) is -0.0560. The second-order valence-electron chi connectivity index (χ2n) is 15.0. The van der Waals surface area contributed by atoms with Gasteiger partial charge in [-0.05, 0) is 62.5 Å². The topological polar surface area (TPSA) is 67.9 Å². The summed E-state index contributed by atoms with van der Waals surface area (Å²) in [7, 11) is -2.17. The van der Waals surface area contributed by atoms with E-state index in [1.165, 1.54) is 0 Å². The Morgan fingerprint density at radius 3 is 1.60 bits per heavy atom. The molecule has 50 heavy (non-hydrogen) atoms. The second-order valence-corrected chi connectivity index (χ2v) is 21.3. The fourth-order valence-corrected chi connectivity index (χ4v) is 8.58. The fraction of sp³-hybridized carbons (Fsp3) is 0.550. The van der Waals surface area contributed by atoms with E-state index < -0.39 is 47.5 Å². The zero-order valence-electron chi connectivity index (χ0n) is 31.8. The molecule has 6 atom stereocenters. The first-order valence-corrected chi connectivity index (χ1v) is 21.9. The van der Waals surface area contributed by atoms with Gasteiger partial charge in [-0.1, -0.05) is 112 Å². The average molecular weight is 726 g/mol. The SMILES string of the molecule is COP(O[C@H]1O[C@H](COCc2ccccc2)[C@@H](O[Si](C)(C)C(C)(C)C)[C@H](OCc2ccccc2)[C@H]1OCc1ccccc1)N(C(C)C)C(C)C. The summed E-state index contributed by atoms with van der Waals surface area (Å²) < 4.78 is 49.6. The molecule has 1 saturated heterocycles. The van der Waals surface area contributed by atoms with Crippen LogP contribution in [-0.2, 0) is 52.2 Å². The van der Waals surface area contributed by atoms with Gasteiger partial charge in [0.1, 0.15) is 24.4 Å². The predicted octanol–water partition coefficient (Wildman–Crippen LogP) is 9.50. The maximum atomic E-state index is 7.28. The number of rotatable bonds is 18. The van der Waals surface area contributed by atoms with Crippen molar-refractivity contribution in [3.05, 3.63) is 108 Å². The van der Waals surface area contributed by atoms with Crippen LogP contribution in [0.25, 0.3) is 0 Å². The van der Waals surface area contributed by atoms with Gasteiger partial charge in [-0.25, -0.2) is 4.67 Å². The van der Waals surface area contributed by atoms with E-state index in [4.69, 9.17) is 32.4 Å². The lowest BCUT2D eigenvalue weighted by Gasteiger charge is -2.50. The van der Waals surface area contributed by atoms with Gasteiger partial charge in [0.05, 0.1) is 26.4 Å². The van der Waals surface area contributed by atoms with Gasteiger partial charge in [0.2, 0.25) is 0 Å². The summed E-state index contributed by atoms with van der Waals surface area (Å²) in [6.07, 6.45) is -3.00. The molecule has 276 valence electrons. The van der Waals surface area contributed by atoms with Crippen LogP contribution in [0.5, 0.6) is 0 Å². The summed E-state index contributed by atoms with van der Waals surface area (Å²) in [6.45, 7) is 21.3. The van der Waals surface area contributed by atoms with E-state index in [1.807, 2.05) is 54.6 Å². The minimum Gasteiger partial charge on any atom is -0.408 e. The monoisotopic (exact) mass is 725 g/mol. The van der Waals surface area contributed by atoms with Crippen molar-refractivity contribution in [1.29, 1.82) is 0 Å². The van der Waals surface area contributed by atoms with Gasteiger partial charge in [0, 0.05) is 19.2 Å². The van der Waals surface area contributed by atoms with Crippen molar-refractivity contribution in [2.24, 2.45) is 0 Å². The van der Waals surface area contributed by atoms with Gasteiger partial charge in [0.25, 0.3) is 8.53 Å². The van der Waals surface area contributed by atoms with E-state index in [9.17, 15) is 0 Å². The highest BCUT2D eigenvalue weighted by atomic mass is 31.2. The van der Waals surface area contributed by atoms with E-state index >= 15 is 0 Å². The second kappa shape index (κ2) is 19.2. The lowest BCUT2D eigenvalue weighted by molar-refractivity contribution is -0.299. The zero-order valence-corrected chi connectivity index (χ0v) is 33.7. The molecule has 10 heteroatoms. The van der Waals surface area contributed by atoms with Crippen LogP contribution < -0.4 is 0 Å². The number of nitrogens with zero attached hydrogens (tertiary/aromatic N) is 1. The van der Waals surface area contributed by atoms with Crippen LogP contribution in [0.15, 0.2) is 91.0 Å². The van der Waals surface area contributed by atoms with Crippen LogP contribution in [0.4, 0.5) is 0 Å². The smallest absolute Gasteiger partial charge is 0.261 e. The van der Waals surface area contributed by atoms with Crippen LogP contribution in [0.2, 0.25) is 18.1 Å². The highest BCUT2D eigenvalue weighted by Gasteiger charge is 2.53. The van der Waals surface area contributed by atoms with Crippen LogP contribution in [-0.4, -0.2) is 69.5 Å². The van der Waals surface area contributed by atoms with Crippen molar-refractivity contribution in [2.75, 3.05) is 13.7 Å². The molecule has 1 unspecified atom stereocenters. The van der Waals surface area contributed by atoms with E-state index in [1.54, 1.807) is 7.11 Å².